The maximum Gasteiger partial charge on any atom is 0.0649 e. The van der Waals surface area contributed by atoms with Gasteiger partial charge in [-0.15, -0.1) is 0 Å². The van der Waals surface area contributed by atoms with Gasteiger partial charge in [-0.1, -0.05) is 52.3 Å². The first kappa shape index (κ1) is 20.1. The third kappa shape index (κ3) is 3.28. The molecule has 3 heteroatoms. The highest BCUT2D eigenvalue weighted by atomic mass is 35.5. The molecule has 0 bridgehead atoms. The van der Waals surface area contributed by atoms with Gasteiger partial charge in [0.05, 0.1) is 10.5 Å². The second-order valence-electron chi connectivity index (χ2n) is 10.1. The van der Waals surface area contributed by atoms with Gasteiger partial charge in [0.25, 0.3) is 0 Å². The Morgan fingerprint density at radius 3 is 2.31 bits per heavy atom. The minimum atomic E-state index is -0.0478. The number of halogens is 1. The van der Waals surface area contributed by atoms with Gasteiger partial charge in [-0.2, -0.15) is 0 Å². The zero-order valence-electron chi connectivity index (χ0n) is 18.6. The van der Waals surface area contributed by atoms with Gasteiger partial charge in [-0.05, 0) is 65.8 Å². The third-order valence-electron chi connectivity index (χ3n) is 6.15. The average molecular weight is 407 g/mol. The fourth-order valence-corrected chi connectivity index (χ4v) is 5.56. The van der Waals surface area contributed by atoms with Gasteiger partial charge in [-0.25, -0.2) is 0 Å². The molecule has 1 N–H and O–H groups in total. The molecule has 2 heterocycles. The van der Waals surface area contributed by atoms with Crippen LogP contribution in [0.25, 0.3) is 21.8 Å². The minimum absolute atomic E-state index is 0.0478. The second-order valence-corrected chi connectivity index (χ2v) is 10.5. The van der Waals surface area contributed by atoms with Crippen molar-refractivity contribution < 1.29 is 0 Å². The van der Waals surface area contributed by atoms with Gasteiger partial charge in [0, 0.05) is 40.6 Å². The summed E-state index contributed by atoms with van der Waals surface area (Å²) in [7, 11) is 0. The van der Waals surface area contributed by atoms with Crippen LogP contribution in [0, 0.1) is 13.8 Å². The number of hydrogen-bond donors (Lipinski definition) is 1. The topological polar surface area (TPSA) is 20.7 Å². The van der Waals surface area contributed by atoms with E-state index in [4.69, 9.17) is 11.6 Å². The van der Waals surface area contributed by atoms with Crippen LogP contribution in [0.4, 0.5) is 0 Å². The normalized spacial score (nSPS) is 13.0. The maximum atomic E-state index is 6.49. The Labute approximate surface area is 178 Å². The van der Waals surface area contributed by atoms with E-state index in [0.717, 1.165) is 17.1 Å². The SMILES string of the molecule is Cc1cc(Cl)c2[nH]ccc2c1C(C)(C)Cn1ccc2c(C(C)(C)C)c(C)ccc21. The Morgan fingerprint density at radius 1 is 0.897 bits per heavy atom. The first-order valence-corrected chi connectivity index (χ1v) is 10.7. The number of aromatic nitrogens is 2. The van der Waals surface area contributed by atoms with E-state index >= 15 is 0 Å². The number of nitrogens with one attached hydrogen (secondary N) is 1. The van der Waals surface area contributed by atoms with Crippen LogP contribution in [0.5, 0.6) is 0 Å². The van der Waals surface area contributed by atoms with Crippen LogP contribution >= 0.6 is 11.6 Å². The highest BCUT2D eigenvalue weighted by Crippen LogP contribution is 2.39. The van der Waals surface area contributed by atoms with Crippen LogP contribution in [0.2, 0.25) is 5.02 Å². The number of benzene rings is 2. The molecule has 2 nitrogen and oxygen atoms in total. The molecule has 29 heavy (non-hydrogen) atoms. The largest absolute Gasteiger partial charge is 0.360 e. The highest BCUT2D eigenvalue weighted by Gasteiger charge is 2.28. The predicted molar refractivity (Wildman–Crippen MR) is 126 cm³/mol. The van der Waals surface area contributed by atoms with Crippen LogP contribution in [0.15, 0.2) is 42.7 Å². The molecule has 0 saturated heterocycles. The van der Waals surface area contributed by atoms with E-state index in [1.165, 1.54) is 38.5 Å². The molecule has 0 saturated carbocycles. The smallest absolute Gasteiger partial charge is 0.0649 e. The molecular formula is C26H31ClN2. The predicted octanol–water partition coefficient (Wildman–Crippen LogP) is 7.67. The zero-order valence-corrected chi connectivity index (χ0v) is 19.3. The van der Waals surface area contributed by atoms with E-state index in [-0.39, 0.29) is 10.8 Å². The maximum absolute atomic E-state index is 6.49. The Bertz CT molecular complexity index is 1220. The van der Waals surface area contributed by atoms with Crippen LogP contribution < -0.4 is 0 Å². The molecule has 2 aromatic heterocycles. The molecule has 2 aromatic carbocycles. The Balaban J connectivity index is 1.85. The average Bonchev–Trinajstić information content (AvgIpc) is 3.20. The summed E-state index contributed by atoms with van der Waals surface area (Å²) in [6, 6.07) is 11.1. The quantitative estimate of drug-likeness (QED) is 0.360. The molecule has 152 valence electrons. The van der Waals surface area contributed by atoms with E-state index in [2.05, 4.69) is 94.5 Å². The van der Waals surface area contributed by atoms with Crippen molar-refractivity contribution in [3.05, 3.63) is 70.0 Å². The minimum Gasteiger partial charge on any atom is -0.360 e. The van der Waals surface area contributed by atoms with Crippen molar-refractivity contribution in [2.75, 3.05) is 0 Å². The number of fused-ring (bicyclic) bond motifs is 2. The fraction of sp³-hybridized carbons (Fsp3) is 0.385. The Morgan fingerprint density at radius 2 is 1.62 bits per heavy atom. The molecule has 0 amide bonds. The number of hydrogen-bond acceptors (Lipinski definition) is 0. The van der Waals surface area contributed by atoms with Crippen molar-refractivity contribution in [3.8, 4) is 0 Å². The second kappa shape index (κ2) is 6.67. The van der Waals surface area contributed by atoms with Crippen molar-refractivity contribution in [2.45, 2.75) is 65.8 Å². The first-order chi connectivity index (χ1) is 13.5. The lowest BCUT2D eigenvalue weighted by atomic mass is 9.79. The Hall–Kier alpha value is -2.19. The van der Waals surface area contributed by atoms with Crippen LogP contribution in [0.3, 0.4) is 0 Å². The fourth-order valence-electron chi connectivity index (χ4n) is 5.24. The van der Waals surface area contributed by atoms with Crippen molar-refractivity contribution in [2.24, 2.45) is 0 Å². The summed E-state index contributed by atoms with van der Waals surface area (Å²) in [4.78, 5) is 3.31. The van der Waals surface area contributed by atoms with Gasteiger partial charge in [0.2, 0.25) is 0 Å². The van der Waals surface area contributed by atoms with Gasteiger partial charge in [0.15, 0.2) is 0 Å². The summed E-state index contributed by atoms with van der Waals surface area (Å²) >= 11 is 6.49. The van der Waals surface area contributed by atoms with Gasteiger partial charge < -0.3 is 9.55 Å². The summed E-state index contributed by atoms with van der Waals surface area (Å²) in [6.45, 7) is 16.9. The molecule has 4 rings (SSSR count). The first-order valence-electron chi connectivity index (χ1n) is 10.4. The zero-order chi connectivity index (χ0) is 21.1. The van der Waals surface area contributed by atoms with Crippen LogP contribution in [0.1, 0.15) is 56.9 Å². The van der Waals surface area contributed by atoms with Gasteiger partial charge in [-0.3, -0.25) is 0 Å². The molecule has 0 aliphatic carbocycles. The lowest BCUT2D eigenvalue weighted by Gasteiger charge is -2.30. The van der Waals surface area contributed by atoms with Crippen molar-refractivity contribution >= 4 is 33.4 Å². The van der Waals surface area contributed by atoms with E-state index in [0.29, 0.717) is 0 Å². The van der Waals surface area contributed by atoms with Crippen molar-refractivity contribution in [3.63, 3.8) is 0 Å². The molecule has 4 aromatic rings. The van der Waals surface area contributed by atoms with Crippen LogP contribution in [-0.4, -0.2) is 9.55 Å². The molecular weight excluding hydrogens is 376 g/mol. The van der Waals surface area contributed by atoms with Gasteiger partial charge in [0.1, 0.15) is 0 Å². The van der Waals surface area contributed by atoms with E-state index in [1.54, 1.807) is 0 Å². The number of rotatable bonds is 3. The van der Waals surface area contributed by atoms with Crippen molar-refractivity contribution in [1.82, 2.24) is 9.55 Å². The molecule has 0 unspecified atom stereocenters. The lowest BCUT2D eigenvalue weighted by Crippen LogP contribution is -2.25. The molecule has 0 atom stereocenters. The standard InChI is InChI=1S/C26H31ClN2/c1-16-8-9-21-18(22(16)25(3,4)5)11-13-29(21)15-26(6,7)23-17(2)14-20(27)24-19(23)10-12-28-24/h8-14,28H,15H2,1-7H3. The monoisotopic (exact) mass is 406 g/mol. The molecule has 0 aliphatic heterocycles. The lowest BCUT2D eigenvalue weighted by molar-refractivity contribution is 0.444. The van der Waals surface area contributed by atoms with Crippen LogP contribution in [-0.2, 0) is 17.4 Å². The number of H-pyrrole nitrogens is 1. The highest BCUT2D eigenvalue weighted by molar-refractivity contribution is 6.35. The summed E-state index contributed by atoms with van der Waals surface area (Å²) in [6.07, 6.45) is 4.24. The number of aromatic amines is 1. The molecule has 0 spiro atoms. The summed E-state index contributed by atoms with van der Waals surface area (Å²) in [5, 5.41) is 3.38. The molecule has 0 fully saturated rings. The summed E-state index contributed by atoms with van der Waals surface area (Å²) in [5.41, 5.74) is 7.84. The van der Waals surface area contributed by atoms with E-state index in [9.17, 15) is 0 Å². The third-order valence-corrected chi connectivity index (χ3v) is 6.44. The van der Waals surface area contributed by atoms with E-state index in [1.807, 2.05) is 6.20 Å². The molecule has 0 radical (unpaired) electrons. The summed E-state index contributed by atoms with van der Waals surface area (Å²) < 4.78 is 2.41. The molecule has 0 aliphatic rings. The van der Waals surface area contributed by atoms with Gasteiger partial charge >= 0.3 is 0 Å². The summed E-state index contributed by atoms with van der Waals surface area (Å²) in [5.74, 6) is 0. The Kier molecular flexibility index (Phi) is 4.62. The van der Waals surface area contributed by atoms with Crippen molar-refractivity contribution in [1.29, 1.82) is 0 Å². The number of nitrogens with zero attached hydrogens (tertiary/aromatic N) is 1. The van der Waals surface area contributed by atoms with E-state index < -0.39 is 0 Å². The number of aryl methyl sites for hydroxylation is 2.